The van der Waals surface area contributed by atoms with Crippen LogP contribution in [-0.2, 0) is 11.0 Å². The van der Waals surface area contributed by atoms with Crippen molar-refractivity contribution in [3.63, 3.8) is 0 Å². The molecule has 10 heteroatoms. The summed E-state index contributed by atoms with van der Waals surface area (Å²) in [5.74, 6) is -0.654. The molecule has 1 amide bonds. The Morgan fingerprint density at radius 1 is 1.19 bits per heavy atom. The van der Waals surface area contributed by atoms with Crippen LogP contribution >= 0.6 is 0 Å². The van der Waals surface area contributed by atoms with Crippen molar-refractivity contribution in [3.05, 3.63) is 29.3 Å². The minimum atomic E-state index is -4.92. The number of amides is 1. The molecule has 0 aromatic heterocycles. The number of carbonyl (C=O) groups is 1. The number of halogens is 6. The third-order valence-electron chi connectivity index (χ3n) is 3.77. The molecule has 0 saturated carbocycles. The number of anilines is 1. The van der Waals surface area contributed by atoms with Crippen LogP contribution in [0.15, 0.2) is 18.2 Å². The van der Waals surface area contributed by atoms with Gasteiger partial charge in [0.1, 0.15) is 12.6 Å². The molecular formula is C17H19F6N3O. The lowest BCUT2D eigenvalue weighted by molar-refractivity contribution is -0.137. The highest BCUT2D eigenvalue weighted by Gasteiger charge is 2.39. The molecule has 150 valence electrons. The van der Waals surface area contributed by atoms with Crippen LogP contribution in [0.3, 0.4) is 0 Å². The van der Waals surface area contributed by atoms with Crippen molar-refractivity contribution in [1.29, 1.82) is 5.26 Å². The molecule has 0 heterocycles. The van der Waals surface area contributed by atoms with Gasteiger partial charge in [-0.25, -0.2) is 0 Å². The van der Waals surface area contributed by atoms with E-state index in [4.69, 9.17) is 5.26 Å². The average Bonchev–Trinajstić information content (AvgIpc) is 2.55. The zero-order valence-electron chi connectivity index (χ0n) is 14.9. The molecule has 0 aliphatic rings. The van der Waals surface area contributed by atoms with Gasteiger partial charge in [-0.2, -0.15) is 31.6 Å². The fraction of sp³-hybridized carbons (Fsp3) is 0.529. The smallest absolute Gasteiger partial charge is 0.350 e. The number of carbonyl (C=O) groups excluding carboxylic acids is 1. The lowest BCUT2D eigenvalue weighted by Gasteiger charge is -2.35. The topological polar surface area (TPSA) is 47.3 Å². The van der Waals surface area contributed by atoms with Crippen LogP contribution in [0.5, 0.6) is 0 Å². The number of hydrogen-bond donors (Lipinski definition) is 0. The van der Waals surface area contributed by atoms with Crippen LogP contribution in [0.1, 0.15) is 30.9 Å². The number of alkyl halides is 6. The lowest BCUT2D eigenvalue weighted by atomic mass is 10.0. The van der Waals surface area contributed by atoms with Crippen LogP contribution in [0.4, 0.5) is 32.0 Å². The summed E-state index contributed by atoms with van der Waals surface area (Å²) in [6.07, 6.45) is -9.29. The first kappa shape index (κ1) is 22.6. The van der Waals surface area contributed by atoms with Crippen LogP contribution in [0.2, 0.25) is 0 Å². The predicted molar refractivity (Wildman–Crippen MR) is 87.0 cm³/mol. The van der Waals surface area contributed by atoms with Crippen LogP contribution in [-0.4, -0.2) is 43.7 Å². The van der Waals surface area contributed by atoms with Gasteiger partial charge in [0.2, 0.25) is 5.91 Å². The Bertz CT molecular complexity index is 706. The summed E-state index contributed by atoms with van der Waals surface area (Å²) < 4.78 is 78.8. The largest absolute Gasteiger partial charge is 0.417 e. The highest BCUT2D eigenvalue weighted by atomic mass is 19.4. The molecule has 0 fully saturated rings. The molecular weight excluding hydrogens is 376 g/mol. The van der Waals surface area contributed by atoms with E-state index in [0.29, 0.717) is 17.4 Å². The van der Waals surface area contributed by atoms with Crippen molar-refractivity contribution >= 4 is 11.6 Å². The summed E-state index contributed by atoms with van der Waals surface area (Å²) in [4.78, 5) is 14.1. The van der Waals surface area contributed by atoms with Gasteiger partial charge in [-0.3, -0.25) is 4.79 Å². The Labute approximate surface area is 153 Å². The standard InChI is InChI=1S/C17H19F6N3O/c1-4-5-14(15(27)25(2)3)26(10-16(18,19)20)12-7-6-11(9-24)13(8-12)17(21,22)23/h6-8,14H,4-5,10H2,1-3H3. The normalized spacial score (nSPS) is 13.0. The second-order valence-corrected chi connectivity index (χ2v) is 6.12. The first-order valence-corrected chi connectivity index (χ1v) is 7.97. The van der Waals surface area contributed by atoms with Gasteiger partial charge < -0.3 is 9.80 Å². The maximum atomic E-state index is 13.2. The molecule has 1 atom stereocenters. The third-order valence-corrected chi connectivity index (χ3v) is 3.77. The molecule has 1 rings (SSSR count). The lowest BCUT2D eigenvalue weighted by Crippen LogP contribution is -2.50. The summed E-state index contributed by atoms with van der Waals surface area (Å²) in [5, 5.41) is 8.85. The van der Waals surface area contributed by atoms with E-state index in [1.54, 1.807) is 6.92 Å². The number of hydrogen-bond acceptors (Lipinski definition) is 3. The van der Waals surface area contributed by atoms with Gasteiger partial charge in [-0.05, 0) is 24.6 Å². The summed E-state index contributed by atoms with van der Waals surface area (Å²) >= 11 is 0. The molecule has 1 aromatic carbocycles. The molecule has 1 aromatic rings. The Morgan fingerprint density at radius 2 is 1.78 bits per heavy atom. The average molecular weight is 395 g/mol. The van der Waals surface area contributed by atoms with Gasteiger partial charge in [0.05, 0.1) is 17.2 Å². The number of benzene rings is 1. The second kappa shape index (κ2) is 8.50. The molecule has 0 aliphatic heterocycles. The Morgan fingerprint density at radius 3 is 2.19 bits per heavy atom. The van der Waals surface area contributed by atoms with E-state index in [1.165, 1.54) is 20.2 Å². The maximum absolute atomic E-state index is 13.2. The summed E-state index contributed by atoms with van der Waals surface area (Å²) in [7, 11) is 2.72. The fourth-order valence-corrected chi connectivity index (χ4v) is 2.60. The molecule has 0 bridgehead atoms. The summed E-state index contributed by atoms with van der Waals surface area (Å²) in [5.41, 5.74) is -2.47. The van der Waals surface area contributed by atoms with Crippen molar-refractivity contribution in [2.75, 3.05) is 25.5 Å². The maximum Gasteiger partial charge on any atom is 0.417 e. The van der Waals surface area contributed by atoms with Gasteiger partial charge in [-0.1, -0.05) is 13.3 Å². The summed E-state index contributed by atoms with van der Waals surface area (Å²) in [6, 6.07) is 2.37. The van der Waals surface area contributed by atoms with Gasteiger partial charge in [-0.15, -0.1) is 0 Å². The van der Waals surface area contributed by atoms with Gasteiger partial charge in [0, 0.05) is 19.8 Å². The zero-order valence-corrected chi connectivity index (χ0v) is 14.9. The Hall–Kier alpha value is -2.44. The van der Waals surface area contributed by atoms with E-state index < -0.39 is 47.7 Å². The number of nitriles is 1. The van der Waals surface area contributed by atoms with Gasteiger partial charge >= 0.3 is 12.4 Å². The predicted octanol–water partition coefficient (Wildman–Crippen LogP) is 4.20. The van der Waals surface area contributed by atoms with E-state index >= 15 is 0 Å². The SMILES string of the molecule is CCCC(C(=O)N(C)C)N(CC(F)(F)F)c1ccc(C#N)c(C(F)(F)F)c1. The van der Waals surface area contributed by atoms with Gasteiger partial charge in [0.15, 0.2) is 0 Å². The van der Waals surface area contributed by atoms with Crippen molar-refractivity contribution in [2.24, 2.45) is 0 Å². The van der Waals surface area contributed by atoms with Crippen LogP contribution in [0, 0.1) is 11.3 Å². The van der Waals surface area contributed by atoms with Crippen molar-refractivity contribution in [1.82, 2.24) is 4.90 Å². The van der Waals surface area contributed by atoms with E-state index in [1.807, 2.05) is 0 Å². The Kier molecular flexibility index (Phi) is 7.11. The van der Waals surface area contributed by atoms with Crippen molar-refractivity contribution in [2.45, 2.75) is 38.2 Å². The van der Waals surface area contributed by atoms with Crippen molar-refractivity contribution in [3.8, 4) is 6.07 Å². The minimum Gasteiger partial charge on any atom is -0.350 e. The highest BCUT2D eigenvalue weighted by Crippen LogP contribution is 2.36. The van der Waals surface area contributed by atoms with E-state index in [2.05, 4.69) is 0 Å². The van der Waals surface area contributed by atoms with Crippen LogP contribution < -0.4 is 4.90 Å². The number of likely N-dealkylation sites (N-methyl/N-ethyl adjacent to an activating group) is 1. The highest BCUT2D eigenvalue weighted by molar-refractivity contribution is 5.85. The third kappa shape index (κ3) is 6.05. The monoisotopic (exact) mass is 395 g/mol. The van der Waals surface area contributed by atoms with E-state index in [-0.39, 0.29) is 6.42 Å². The second-order valence-electron chi connectivity index (χ2n) is 6.12. The number of rotatable bonds is 6. The van der Waals surface area contributed by atoms with E-state index in [0.717, 1.165) is 17.0 Å². The Balaban J connectivity index is 3.56. The molecule has 0 spiro atoms. The summed E-state index contributed by atoms with van der Waals surface area (Å²) in [6.45, 7) is 0.0576. The van der Waals surface area contributed by atoms with Crippen molar-refractivity contribution < 1.29 is 31.1 Å². The fourth-order valence-electron chi connectivity index (χ4n) is 2.60. The minimum absolute atomic E-state index is 0.0223. The molecule has 0 N–H and O–H groups in total. The first-order chi connectivity index (χ1) is 12.3. The van der Waals surface area contributed by atoms with E-state index in [9.17, 15) is 31.1 Å². The first-order valence-electron chi connectivity index (χ1n) is 7.97. The molecule has 27 heavy (non-hydrogen) atoms. The molecule has 0 radical (unpaired) electrons. The zero-order chi connectivity index (χ0) is 21.0. The van der Waals surface area contributed by atoms with Crippen LogP contribution in [0.25, 0.3) is 0 Å². The molecule has 4 nitrogen and oxygen atoms in total. The van der Waals surface area contributed by atoms with Gasteiger partial charge in [0.25, 0.3) is 0 Å². The quantitative estimate of drug-likeness (QED) is 0.679. The molecule has 0 aliphatic carbocycles. The molecule has 0 saturated heterocycles. The number of nitrogens with zero attached hydrogens (tertiary/aromatic N) is 3. The molecule has 1 unspecified atom stereocenters.